The Bertz CT molecular complexity index is 1560. The van der Waals surface area contributed by atoms with Gasteiger partial charge in [0.15, 0.2) is 0 Å². The third-order valence-corrected chi connectivity index (χ3v) is 10.7. The van der Waals surface area contributed by atoms with Gasteiger partial charge < -0.3 is 0 Å². The number of aromatic nitrogens is 1. The second-order valence-electron chi connectivity index (χ2n) is 9.91. The third kappa shape index (κ3) is 4.70. The second kappa shape index (κ2) is 9.72. The van der Waals surface area contributed by atoms with Gasteiger partial charge in [0.25, 0.3) is 0 Å². The first kappa shape index (κ1) is 24.0. The van der Waals surface area contributed by atoms with Crippen LogP contribution in [0.2, 0.25) is 17.3 Å². The Morgan fingerprint density at radius 2 is 1.36 bits per heavy atom. The molecule has 5 heteroatoms. The Morgan fingerprint density at radius 1 is 0.722 bits per heavy atom. The van der Waals surface area contributed by atoms with Crippen LogP contribution in [0.5, 0.6) is 0 Å². The van der Waals surface area contributed by atoms with E-state index in [2.05, 4.69) is 70.7 Å². The van der Waals surface area contributed by atoms with Crippen LogP contribution < -0.4 is 4.40 Å². The van der Waals surface area contributed by atoms with Gasteiger partial charge in [0.2, 0.25) is 0 Å². The van der Waals surface area contributed by atoms with Crippen molar-refractivity contribution in [3.05, 3.63) is 109 Å². The van der Waals surface area contributed by atoms with E-state index < -0.39 is 19.2 Å². The molecular formula is C31H27GeNO3. The van der Waals surface area contributed by atoms with E-state index in [1.807, 2.05) is 48.5 Å². The molecule has 1 aromatic heterocycles. The van der Waals surface area contributed by atoms with E-state index in [1.165, 1.54) is 4.40 Å². The summed E-state index contributed by atoms with van der Waals surface area (Å²) in [5.41, 5.74) is 6.70. The summed E-state index contributed by atoms with van der Waals surface area (Å²) in [6.07, 6.45) is 0. The van der Waals surface area contributed by atoms with Gasteiger partial charge in [-0.05, 0) is 0 Å². The predicted molar refractivity (Wildman–Crippen MR) is 149 cm³/mol. The fourth-order valence-corrected chi connectivity index (χ4v) is 6.92. The Labute approximate surface area is 213 Å². The average Bonchev–Trinajstić information content (AvgIpc) is 2.91. The first-order chi connectivity index (χ1) is 17.3. The Morgan fingerprint density at radius 3 is 1.97 bits per heavy atom. The zero-order valence-electron chi connectivity index (χ0n) is 20.5. The summed E-state index contributed by atoms with van der Waals surface area (Å²) in [6, 6.07) is 34.2. The van der Waals surface area contributed by atoms with E-state index in [-0.39, 0.29) is 5.56 Å². The Balaban J connectivity index is 1.75. The van der Waals surface area contributed by atoms with E-state index in [4.69, 9.17) is 10.2 Å². The van der Waals surface area contributed by atoms with Crippen molar-refractivity contribution in [2.45, 2.75) is 17.3 Å². The number of rotatable bonds is 5. The van der Waals surface area contributed by atoms with Gasteiger partial charge in [0.05, 0.1) is 0 Å². The van der Waals surface area contributed by atoms with Crippen LogP contribution in [0.25, 0.3) is 44.4 Å². The fourth-order valence-electron chi connectivity index (χ4n) is 4.48. The van der Waals surface area contributed by atoms with Gasteiger partial charge in [-0.25, -0.2) is 0 Å². The van der Waals surface area contributed by atoms with Crippen molar-refractivity contribution in [1.82, 2.24) is 4.98 Å². The first-order valence-corrected chi connectivity index (χ1v) is 19.3. The summed E-state index contributed by atoms with van der Waals surface area (Å²) in [6.45, 7) is 0. The zero-order chi connectivity index (χ0) is 25.3. The number of carbonyl (C=O) groups is 1. The number of hydrogen-bond acceptors (Lipinski definition) is 4. The van der Waals surface area contributed by atoms with Crippen LogP contribution in [0.1, 0.15) is 10.4 Å². The van der Waals surface area contributed by atoms with Crippen molar-refractivity contribution in [2.24, 2.45) is 0 Å². The van der Waals surface area contributed by atoms with E-state index >= 15 is 0 Å². The molecule has 0 bridgehead atoms. The molecule has 1 heterocycles. The average molecular weight is 534 g/mol. The van der Waals surface area contributed by atoms with Gasteiger partial charge in [-0.1, -0.05) is 6.07 Å². The molecule has 5 aromatic rings. The molecule has 0 amide bonds. The minimum atomic E-state index is -2.04. The summed E-state index contributed by atoms with van der Waals surface area (Å²) in [7, 11) is 0. The molecule has 0 aliphatic heterocycles. The quantitative estimate of drug-likeness (QED) is 0.145. The van der Waals surface area contributed by atoms with Crippen LogP contribution in [-0.4, -0.2) is 29.5 Å². The molecule has 0 spiro atoms. The zero-order valence-corrected chi connectivity index (χ0v) is 22.6. The summed E-state index contributed by atoms with van der Waals surface area (Å²) < 4.78 is 1.44. The molecule has 5 rings (SSSR count). The van der Waals surface area contributed by atoms with Crippen LogP contribution in [0.3, 0.4) is 0 Å². The normalized spacial score (nSPS) is 11.4. The molecular weight excluding hydrogens is 507 g/mol. The van der Waals surface area contributed by atoms with Gasteiger partial charge in [-0.2, -0.15) is 5.26 Å². The monoisotopic (exact) mass is 535 g/mol. The number of nitrogens with zero attached hydrogens (tertiary/aromatic N) is 1. The fraction of sp³-hybridized carbons (Fsp3) is 0.0968. The molecule has 0 saturated heterocycles. The maximum atomic E-state index is 12.3. The SMILES string of the molecule is [CH3][Ge]([CH3])([CH3])[c]1ccc2nc(-c3ccc(C(=O)OO)c(-c4ccccc4)c3)cc(-c3ccccc3)c2c1. The summed E-state index contributed by atoms with van der Waals surface area (Å²) in [5, 5.41) is 10.2. The van der Waals surface area contributed by atoms with Crippen molar-refractivity contribution in [3.8, 4) is 33.5 Å². The van der Waals surface area contributed by atoms with Gasteiger partial charge in [0, 0.05) is 0 Å². The van der Waals surface area contributed by atoms with Crippen LogP contribution in [-0.2, 0) is 4.89 Å². The molecule has 178 valence electrons. The molecule has 36 heavy (non-hydrogen) atoms. The molecule has 0 fully saturated rings. The minimum absolute atomic E-state index is 0.290. The predicted octanol–water partition coefficient (Wildman–Crippen LogP) is 7.41. The van der Waals surface area contributed by atoms with E-state index in [9.17, 15) is 4.79 Å². The summed E-state index contributed by atoms with van der Waals surface area (Å²) in [5.74, 6) is 6.40. The Hall–Kier alpha value is -3.74. The number of fused-ring (bicyclic) bond motifs is 1. The molecule has 0 saturated carbocycles. The maximum absolute atomic E-state index is 12.3. The molecule has 0 atom stereocenters. The van der Waals surface area contributed by atoms with E-state index in [0.717, 1.165) is 38.9 Å². The van der Waals surface area contributed by atoms with Crippen molar-refractivity contribution in [2.75, 3.05) is 0 Å². The summed E-state index contributed by atoms with van der Waals surface area (Å²) >= 11 is -2.04. The van der Waals surface area contributed by atoms with Gasteiger partial charge in [-0.15, -0.1) is 0 Å². The van der Waals surface area contributed by atoms with Crippen molar-refractivity contribution >= 4 is 34.5 Å². The number of carbonyl (C=O) groups excluding carboxylic acids is 1. The number of hydrogen-bond donors (Lipinski definition) is 1. The molecule has 0 radical (unpaired) electrons. The topological polar surface area (TPSA) is 59.4 Å². The van der Waals surface area contributed by atoms with Crippen LogP contribution >= 0.6 is 0 Å². The van der Waals surface area contributed by atoms with Gasteiger partial charge in [-0.3, -0.25) is 0 Å². The van der Waals surface area contributed by atoms with Crippen LogP contribution in [0.4, 0.5) is 0 Å². The van der Waals surface area contributed by atoms with Gasteiger partial charge >= 0.3 is 203 Å². The number of benzene rings is 4. The van der Waals surface area contributed by atoms with Crippen molar-refractivity contribution in [3.63, 3.8) is 0 Å². The number of pyridine rings is 1. The van der Waals surface area contributed by atoms with Crippen molar-refractivity contribution in [1.29, 1.82) is 0 Å². The molecule has 0 unspecified atom stereocenters. The first-order valence-electron chi connectivity index (χ1n) is 11.9. The molecule has 0 aliphatic carbocycles. The van der Waals surface area contributed by atoms with Gasteiger partial charge in [0.1, 0.15) is 0 Å². The molecule has 0 aliphatic rings. The van der Waals surface area contributed by atoms with E-state index in [1.54, 1.807) is 6.07 Å². The Kier molecular flexibility index (Phi) is 6.48. The van der Waals surface area contributed by atoms with E-state index in [0.29, 0.717) is 5.56 Å². The summed E-state index contributed by atoms with van der Waals surface area (Å²) in [4.78, 5) is 21.4. The molecule has 4 nitrogen and oxygen atoms in total. The van der Waals surface area contributed by atoms with Crippen LogP contribution in [0, 0.1) is 0 Å². The second-order valence-corrected chi connectivity index (χ2v) is 20.6. The van der Waals surface area contributed by atoms with Crippen molar-refractivity contribution < 1.29 is 14.9 Å². The standard InChI is InChI=1S/C31H27GeNO3/c1-32(2,3)24-15-17-29-28(19-24)27(22-12-8-5-9-13-22)20-30(33-29)23-14-16-25(31(34)36-35)26(18-23)21-10-6-4-7-11-21/h4-20,35H,1-3H3. The van der Waals surface area contributed by atoms with Crippen LogP contribution in [0.15, 0.2) is 103 Å². The molecule has 1 N–H and O–H groups in total. The molecule has 4 aromatic carbocycles. The third-order valence-electron chi connectivity index (χ3n) is 6.46.